The van der Waals surface area contributed by atoms with Crippen molar-refractivity contribution in [1.82, 2.24) is 15.5 Å². The zero-order chi connectivity index (χ0) is 26.5. The van der Waals surface area contributed by atoms with E-state index >= 15 is 0 Å². The van der Waals surface area contributed by atoms with Crippen LogP contribution in [0.4, 0.5) is 0 Å². The van der Waals surface area contributed by atoms with Crippen molar-refractivity contribution < 1.29 is 14.7 Å². The molecule has 0 saturated carbocycles. The zero-order valence-electron chi connectivity index (χ0n) is 21.3. The first-order valence-electron chi connectivity index (χ1n) is 12.5. The predicted octanol–water partition coefficient (Wildman–Crippen LogP) is 6.77. The maximum atomic E-state index is 12.5. The lowest BCUT2D eigenvalue weighted by Gasteiger charge is -2.29. The van der Waals surface area contributed by atoms with Gasteiger partial charge in [-0.05, 0) is 50.7 Å². The van der Waals surface area contributed by atoms with E-state index in [0.29, 0.717) is 6.42 Å². The summed E-state index contributed by atoms with van der Waals surface area (Å²) >= 11 is 6.28. The number of nitrogens with zero attached hydrogens (tertiary/aromatic N) is 1. The Labute approximate surface area is 219 Å². The van der Waals surface area contributed by atoms with Crippen molar-refractivity contribution in [2.75, 3.05) is 6.54 Å². The fourth-order valence-electron chi connectivity index (χ4n) is 4.52. The molecule has 194 valence electrons. The number of H-pyrrole nitrogens is 1. The number of nitrogens with one attached hydrogen (secondary N) is 2. The number of carbonyl (C=O) groups is 2. The number of carboxylic acids is 1. The molecule has 3 unspecified atom stereocenters. The summed E-state index contributed by atoms with van der Waals surface area (Å²) in [6.45, 7) is 12.0. The largest absolute Gasteiger partial charge is 0.481 e. The predicted molar refractivity (Wildman–Crippen MR) is 148 cm³/mol. The Bertz CT molecular complexity index is 1050. The Morgan fingerprint density at radius 3 is 2.67 bits per heavy atom. The van der Waals surface area contributed by atoms with E-state index < -0.39 is 11.9 Å². The molecule has 0 radical (unpaired) electrons. The van der Waals surface area contributed by atoms with Gasteiger partial charge in [0, 0.05) is 23.1 Å². The monoisotopic (exact) mass is 511 g/mol. The summed E-state index contributed by atoms with van der Waals surface area (Å²) in [5.74, 6) is -1.34. The van der Waals surface area contributed by atoms with Gasteiger partial charge in [0.05, 0.1) is 23.7 Å². The SMILES string of the molecule is C=Cc1n[nH]c(C(C2=CC=C(Cl)CC2)C(/C=C/CC(C=C)C(=O)NCCC(=O)O)CCC)c1/C=C\C. The van der Waals surface area contributed by atoms with E-state index in [-0.39, 0.29) is 30.7 Å². The molecule has 6 nitrogen and oxygen atoms in total. The summed E-state index contributed by atoms with van der Waals surface area (Å²) in [7, 11) is 0. The normalized spacial score (nSPS) is 16.3. The van der Waals surface area contributed by atoms with E-state index in [1.165, 1.54) is 5.57 Å². The number of aromatic amines is 1. The van der Waals surface area contributed by atoms with E-state index in [2.05, 4.69) is 53.8 Å². The average molecular weight is 512 g/mol. The quantitative estimate of drug-likeness (QED) is 0.226. The highest BCUT2D eigenvalue weighted by molar-refractivity contribution is 6.29. The molecule has 36 heavy (non-hydrogen) atoms. The van der Waals surface area contributed by atoms with E-state index in [9.17, 15) is 9.59 Å². The van der Waals surface area contributed by atoms with Gasteiger partial charge in [-0.1, -0.05) is 73.6 Å². The van der Waals surface area contributed by atoms with Gasteiger partial charge in [-0.25, -0.2) is 0 Å². The van der Waals surface area contributed by atoms with Gasteiger partial charge in [0.25, 0.3) is 0 Å². The third-order valence-corrected chi connectivity index (χ3v) is 6.63. The molecular formula is C29H38ClN3O3. The Kier molecular flexibility index (Phi) is 12.2. The summed E-state index contributed by atoms with van der Waals surface area (Å²) in [6.07, 6.45) is 19.8. The molecule has 0 aliphatic heterocycles. The van der Waals surface area contributed by atoms with Crippen molar-refractivity contribution in [2.24, 2.45) is 11.8 Å². The second-order valence-electron chi connectivity index (χ2n) is 8.87. The summed E-state index contributed by atoms with van der Waals surface area (Å²) < 4.78 is 0. The highest BCUT2D eigenvalue weighted by Gasteiger charge is 2.29. The minimum atomic E-state index is -0.942. The van der Waals surface area contributed by atoms with Crippen LogP contribution in [0, 0.1) is 11.8 Å². The van der Waals surface area contributed by atoms with Gasteiger partial charge in [0.15, 0.2) is 0 Å². The molecule has 0 saturated heterocycles. The van der Waals surface area contributed by atoms with Crippen LogP contribution in [0.3, 0.4) is 0 Å². The van der Waals surface area contributed by atoms with Crippen molar-refractivity contribution in [2.45, 2.75) is 58.3 Å². The fourth-order valence-corrected chi connectivity index (χ4v) is 4.67. The first-order valence-corrected chi connectivity index (χ1v) is 12.9. The molecule has 1 heterocycles. The van der Waals surface area contributed by atoms with E-state index in [4.69, 9.17) is 16.7 Å². The van der Waals surface area contributed by atoms with Crippen molar-refractivity contribution in [3.8, 4) is 0 Å². The first kappa shape index (κ1) is 29.1. The van der Waals surface area contributed by atoms with Crippen LogP contribution in [0.2, 0.25) is 0 Å². The Balaban J connectivity index is 2.36. The molecule has 0 aromatic carbocycles. The first-order chi connectivity index (χ1) is 17.4. The van der Waals surface area contributed by atoms with Crippen molar-refractivity contribution >= 4 is 35.6 Å². The molecule has 1 aliphatic rings. The molecule has 2 rings (SSSR count). The smallest absolute Gasteiger partial charge is 0.305 e. The number of aromatic nitrogens is 2. The number of rotatable bonds is 15. The van der Waals surface area contributed by atoms with Crippen molar-refractivity contribution in [3.05, 3.63) is 77.2 Å². The van der Waals surface area contributed by atoms with Gasteiger partial charge in [-0.2, -0.15) is 5.10 Å². The van der Waals surface area contributed by atoms with Crippen molar-refractivity contribution in [3.63, 3.8) is 0 Å². The van der Waals surface area contributed by atoms with Crippen LogP contribution in [0.25, 0.3) is 12.2 Å². The average Bonchev–Trinajstić information content (AvgIpc) is 3.25. The minimum Gasteiger partial charge on any atom is -0.481 e. The number of hydrogen-bond donors (Lipinski definition) is 3. The number of halogens is 1. The Morgan fingerprint density at radius 1 is 1.31 bits per heavy atom. The zero-order valence-corrected chi connectivity index (χ0v) is 22.1. The second kappa shape index (κ2) is 15.1. The Morgan fingerprint density at radius 2 is 2.08 bits per heavy atom. The number of aliphatic carboxylic acids is 1. The summed E-state index contributed by atoms with van der Waals surface area (Å²) in [6, 6.07) is 0. The second-order valence-corrected chi connectivity index (χ2v) is 9.35. The topological polar surface area (TPSA) is 95.1 Å². The molecule has 1 aliphatic carbocycles. The number of hydrogen-bond acceptors (Lipinski definition) is 3. The van der Waals surface area contributed by atoms with Crippen LogP contribution in [0.1, 0.15) is 75.2 Å². The van der Waals surface area contributed by atoms with Crippen LogP contribution in [-0.4, -0.2) is 33.7 Å². The Hall–Kier alpha value is -3.12. The van der Waals surface area contributed by atoms with Gasteiger partial charge >= 0.3 is 5.97 Å². The molecule has 0 bridgehead atoms. The van der Waals surface area contributed by atoms with Crippen LogP contribution >= 0.6 is 11.6 Å². The fraction of sp³-hybridized carbons (Fsp3) is 0.414. The molecule has 1 aromatic rings. The number of amides is 1. The van der Waals surface area contributed by atoms with Gasteiger partial charge in [0.2, 0.25) is 5.91 Å². The lowest BCUT2D eigenvalue weighted by Crippen LogP contribution is -2.31. The van der Waals surface area contributed by atoms with Gasteiger partial charge in [0.1, 0.15) is 0 Å². The van der Waals surface area contributed by atoms with Crippen LogP contribution < -0.4 is 5.32 Å². The summed E-state index contributed by atoms with van der Waals surface area (Å²) in [5.41, 5.74) is 4.20. The van der Waals surface area contributed by atoms with Gasteiger partial charge < -0.3 is 10.4 Å². The number of carboxylic acid groups (broad SMARTS) is 1. The molecule has 3 atom stereocenters. The van der Waals surface area contributed by atoms with E-state index in [1.54, 1.807) is 12.2 Å². The molecule has 7 heteroatoms. The van der Waals surface area contributed by atoms with Crippen LogP contribution in [-0.2, 0) is 9.59 Å². The molecular weight excluding hydrogens is 474 g/mol. The lowest BCUT2D eigenvalue weighted by molar-refractivity contribution is -0.137. The van der Waals surface area contributed by atoms with Gasteiger partial charge in [-0.15, -0.1) is 6.58 Å². The minimum absolute atomic E-state index is 0.0705. The van der Waals surface area contributed by atoms with Gasteiger partial charge in [-0.3, -0.25) is 14.7 Å². The number of carbonyl (C=O) groups excluding carboxylic acids is 1. The van der Waals surface area contributed by atoms with Crippen molar-refractivity contribution in [1.29, 1.82) is 0 Å². The van der Waals surface area contributed by atoms with Crippen LogP contribution in [0.15, 0.2) is 60.2 Å². The maximum absolute atomic E-state index is 12.5. The lowest BCUT2D eigenvalue weighted by atomic mass is 9.76. The standard InChI is InChI=1S/C29H38ClN3O3/c1-5-10-21(13-9-12-20(7-3)29(36)31-19-18-26(34)35)27(22-14-16-23(30)17-15-22)28-24(11-6-2)25(8-4)32-33-28/h6-9,11,13-14,16,20-21,27H,3-5,10,12,15,17-19H2,1-2H3,(H,31,36)(H,32,33)(H,34,35)/b11-6-,13-9+. The molecule has 3 N–H and O–H groups in total. The highest BCUT2D eigenvalue weighted by Crippen LogP contribution is 2.41. The van der Waals surface area contributed by atoms with E-state index in [0.717, 1.165) is 47.7 Å². The molecule has 0 spiro atoms. The summed E-state index contributed by atoms with van der Waals surface area (Å²) in [4.78, 5) is 23.2. The summed E-state index contributed by atoms with van der Waals surface area (Å²) in [5, 5.41) is 20.1. The molecule has 0 fully saturated rings. The third-order valence-electron chi connectivity index (χ3n) is 6.31. The van der Waals surface area contributed by atoms with E-state index in [1.807, 2.05) is 25.2 Å². The molecule has 1 aromatic heterocycles. The van der Waals surface area contributed by atoms with Crippen LogP contribution in [0.5, 0.6) is 0 Å². The maximum Gasteiger partial charge on any atom is 0.305 e. The molecule has 1 amide bonds. The highest BCUT2D eigenvalue weighted by atomic mass is 35.5. The number of allylic oxidation sites excluding steroid dienone is 7. The third kappa shape index (κ3) is 8.23.